The highest BCUT2D eigenvalue weighted by Gasteiger charge is 2.30. The molecule has 0 aliphatic carbocycles. The van der Waals surface area contributed by atoms with Gasteiger partial charge in [-0.1, -0.05) is 0 Å². The van der Waals surface area contributed by atoms with E-state index in [1.807, 2.05) is 16.7 Å². The molecule has 1 amide bonds. The molecule has 1 aliphatic heterocycles. The summed E-state index contributed by atoms with van der Waals surface area (Å²) < 4.78 is 0.0783. The average Bonchev–Trinajstić information content (AvgIpc) is 2.37. The highest BCUT2D eigenvalue weighted by atomic mass is 32.2. The molecule has 0 bridgehead atoms. The summed E-state index contributed by atoms with van der Waals surface area (Å²) in [6.07, 6.45) is 0. The van der Waals surface area contributed by atoms with Gasteiger partial charge in [-0.3, -0.25) is 4.79 Å². The second-order valence-corrected chi connectivity index (χ2v) is 7.02. The van der Waals surface area contributed by atoms with E-state index in [2.05, 4.69) is 13.8 Å². The van der Waals surface area contributed by atoms with E-state index in [1.165, 1.54) is 12.1 Å². The van der Waals surface area contributed by atoms with Gasteiger partial charge in [-0.15, -0.1) is 0 Å². The standard InChI is InChI=1S/C14H17NO3S/c1-14(2)9-15(7-8-19-14)12(16)10-3-5-11(6-4-10)13(17)18/h3-6H,7-9H2,1-2H3,(H,17,18). The Morgan fingerprint density at radius 2 is 1.79 bits per heavy atom. The molecule has 1 fully saturated rings. The summed E-state index contributed by atoms with van der Waals surface area (Å²) in [5.74, 6) is -0.0637. The van der Waals surface area contributed by atoms with Crippen molar-refractivity contribution in [1.82, 2.24) is 4.90 Å². The number of rotatable bonds is 2. The Hall–Kier alpha value is -1.49. The van der Waals surface area contributed by atoms with Crippen LogP contribution in [0, 0.1) is 0 Å². The van der Waals surface area contributed by atoms with Gasteiger partial charge in [0.2, 0.25) is 0 Å². The van der Waals surface area contributed by atoms with Crippen molar-refractivity contribution in [3.8, 4) is 0 Å². The number of hydrogen-bond donors (Lipinski definition) is 1. The third kappa shape index (κ3) is 3.29. The lowest BCUT2D eigenvalue weighted by atomic mass is 10.1. The fourth-order valence-corrected chi connectivity index (χ4v) is 3.24. The molecule has 1 aromatic rings. The summed E-state index contributed by atoms with van der Waals surface area (Å²) in [5, 5.41) is 8.83. The molecule has 0 aromatic heterocycles. The molecule has 1 N–H and O–H groups in total. The number of thioether (sulfide) groups is 1. The summed E-state index contributed by atoms with van der Waals surface area (Å²) >= 11 is 1.87. The van der Waals surface area contributed by atoms with Crippen LogP contribution >= 0.6 is 11.8 Å². The van der Waals surface area contributed by atoms with Crippen LogP contribution in [-0.2, 0) is 0 Å². The molecule has 0 saturated carbocycles. The van der Waals surface area contributed by atoms with E-state index in [1.54, 1.807) is 12.1 Å². The molecule has 0 spiro atoms. The topological polar surface area (TPSA) is 57.6 Å². The fourth-order valence-electron chi connectivity index (χ4n) is 2.13. The van der Waals surface area contributed by atoms with Crippen molar-refractivity contribution in [2.45, 2.75) is 18.6 Å². The molecular weight excluding hydrogens is 262 g/mol. The molecule has 1 aromatic carbocycles. The molecule has 1 aliphatic rings. The Balaban J connectivity index is 2.13. The van der Waals surface area contributed by atoms with E-state index in [-0.39, 0.29) is 16.2 Å². The van der Waals surface area contributed by atoms with Crippen LogP contribution in [0.25, 0.3) is 0 Å². The first-order valence-electron chi connectivity index (χ1n) is 6.16. The van der Waals surface area contributed by atoms with Gasteiger partial charge in [-0.2, -0.15) is 11.8 Å². The Morgan fingerprint density at radius 1 is 1.21 bits per heavy atom. The lowest BCUT2D eigenvalue weighted by Crippen LogP contribution is -2.46. The van der Waals surface area contributed by atoms with Crippen molar-refractivity contribution in [3.05, 3.63) is 35.4 Å². The number of carbonyl (C=O) groups is 2. The maximum Gasteiger partial charge on any atom is 0.335 e. The van der Waals surface area contributed by atoms with Gasteiger partial charge in [0.1, 0.15) is 0 Å². The van der Waals surface area contributed by atoms with Crippen LogP contribution in [0.5, 0.6) is 0 Å². The van der Waals surface area contributed by atoms with Crippen molar-refractivity contribution in [2.75, 3.05) is 18.8 Å². The maximum atomic E-state index is 12.3. The number of aromatic carboxylic acids is 1. The first-order chi connectivity index (χ1) is 8.89. The van der Waals surface area contributed by atoms with Gasteiger partial charge in [-0.25, -0.2) is 4.79 Å². The lowest BCUT2D eigenvalue weighted by Gasteiger charge is -2.37. The van der Waals surface area contributed by atoms with Crippen LogP contribution < -0.4 is 0 Å². The van der Waals surface area contributed by atoms with Crippen LogP contribution in [0.2, 0.25) is 0 Å². The molecule has 0 radical (unpaired) electrons. The van der Waals surface area contributed by atoms with E-state index in [0.717, 1.165) is 18.8 Å². The van der Waals surface area contributed by atoms with E-state index in [9.17, 15) is 9.59 Å². The number of carboxylic acids is 1. The normalized spacial score (nSPS) is 18.1. The van der Waals surface area contributed by atoms with Crippen LogP contribution in [0.1, 0.15) is 34.6 Å². The van der Waals surface area contributed by atoms with Crippen molar-refractivity contribution < 1.29 is 14.7 Å². The Bertz CT molecular complexity index is 496. The molecule has 5 heteroatoms. The Kier molecular flexibility index (Phi) is 3.85. The fraction of sp³-hybridized carbons (Fsp3) is 0.429. The van der Waals surface area contributed by atoms with Gasteiger partial charge in [0, 0.05) is 29.2 Å². The highest BCUT2D eigenvalue weighted by molar-refractivity contribution is 8.00. The smallest absolute Gasteiger partial charge is 0.335 e. The van der Waals surface area contributed by atoms with Crippen molar-refractivity contribution in [1.29, 1.82) is 0 Å². The second-order valence-electron chi connectivity index (χ2n) is 5.22. The quantitative estimate of drug-likeness (QED) is 0.903. The number of amides is 1. The third-order valence-electron chi connectivity index (χ3n) is 3.09. The molecular formula is C14H17NO3S. The van der Waals surface area contributed by atoms with Crippen molar-refractivity contribution >= 4 is 23.6 Å². The number of benzene rings is 1. The summed E-state index contributed by atoms with van der Waals surface area (Å²) in [7, 11) is 0. The minimum absolute atomic E-state index is 0.0229. The maximum absolute atomic E-state index is 12.3. The number of carbonyl (C=O) groups excluding carboxylic acids is 1. The first kappa shape index (κ1) is 13.9. The van der Waals surface area contributed by atoms with Gasteiger partial charge in [0.05, 0.1) is 5.56 Å². The van der Waals surface area contributed by atoms with Crippen LogP contribution in [0.15, 0.2) is 24.3 Å². The molecule has 19 heavy (non-hydrogen) atoms. The van der Waals surface area contributed by atoms with Gasteiger partial charge in [0.25, 0.3) is 5.91 Å². The average molecular weight is 279 g/mol. The monoisotopic (exact) mass is 279 g/mol. The predicted molar refractivity (Wildman–Crippen MR) is 75.8 cm³/mol. The van der Waals surface area contributed by atoms with E-state index < -0.39 is 5.97 Å². The van der Waals surface area contributed by atoms with E-state index in [0.29, 0.717) is 5.56 Å². The summed E-state index contributed by atoms with van der Waals surface area (Å²) in [6.45, 7) is 5.72. The number of nitrogens with zero attached hydrogens (tertiary/aromatic N) is 1. The lowest BCUT2D eigenvalue weighted by molar-refractivity contribution is 0.0693. The minimum Gasteiger partial charge on any atom is -0.478 e. The number of hydrogen-bond acceptors (Lipinski definition) is 3. The predicted octanol–water partition coefficient (Wildman–Crippen LogP) is 2.35. The Labute approximate surface area is 116 Å². The second kappa shape index (κ2) is 5.25. The highest BCUT2D eigenvalue weighted by Crippen LogP contribution is 2.30. The molecule has 0 unspecified atom stereocenters. The first-order valence-corrected chi connectivity index (χ1v) is 7.14. The molecule has 0 atom stereocenters. The van der Waals surface area contributed by atoms with Crippen LogP contribution in [0.3, 0.4) is 0 Å². The van der Waals surface area contributed by atoms with Gasteiger partial charge in [-0.05, 0) is 38.1 Å². The minimum atomic E-state index is -0.977. The van der Waals surface area contributed by atoms with Crippen LogP contribution in [-0.4, -0.2) is 45.5 Å². The van der Waals surface area contributed by atoms with Gasteiger partial charge in [0.15, 0.2) is 0 Å². The zero-order chi connectivity index (χ0) is 14.0. The summed E-state index contributed by atoms with van der Waals surface area (Å²) in [6, 6.07) is 6.11. The third-order valence-corrected chi connectivity index (χ3v) is 4.39. The number of carboxylic acid groups (broad SMARTS) is 1. The van der Waals surface area contributed by atoms with Gasteiger partial charge >= 0.3 is 5.97 Å². The summed E-state index contributed by atoms with van der Waals surface area (Å²) in [4.78, 5) is 24.9. The Morgan fingerprint density at radius 3 is 2.32 bits per heavy atom. The van der Waals surface area contributed by atoms with Gasteiger partial charge < -0.3 is 10.0 Å². The molecule has 4 nitrogen and oxygen atoms in total. The summed E-state index contributed by atoms with van der Waals surface area (Å²) in [5.41, 5.74) is 0.749. The van der Waals surface area contributed by atoms with E-state index in [4.69, 9.17) is 5.11 Å². The molecule has 2 rings (SSSR count). The van der Waals surface area contributed by atoms with Crippen molar-refractivity contribution in [3.63, 3.8) is 0 Å². The molecule has 1 heterocycles. The molecule has 1 saturated heterocycles. The largest absolute Gasteiger partial charge is 0.478 e. The zero-order valence-electron chi connectivity index (χ0n) is 11.0. The van der Waals surface area contributed by atoms with Crippen molar-refractivity contribution in [2.24, 2.45) is 0 Å². The van der Waals surface area contributed by atoms with Crippen LogP contribution in [0.4, 0.5) is 0 Å². The molecule has 102 valence electrons. The zero-order valence-corrected chi connectivity index (χ0v) is 11.9. The van der Waals surface area contributed by atoms with E-state index >= 15 is 0 Å². The SMILES string of the molecule is CC1(C)CN(C(=O)c2ccc(C(=O)O)cc2)CCS1.